The van der Waals surface area contributed by atoms with Crippen LogP contribution >= 0.6 is 0 Å². The van der Waals surface area contributed by atoms with E-state index in [0.29, 0.717) is 11.4 Å². The highest BCUT2D eigenvalue weighted by molar-refractivity contribution is 5.65. The molecule has 3 rings (SSSR count). The fourth-order valence-corrected chi connectivity index (χ4v) is 2.98. The van der Waals surface area contributed by atoms with Gasteiger partial charge in [0.05, 0.1) is 19.8 Å². The Balaban J connectivity index is 1.99. The molecular formula is C16H19F2N3O4. The number of halogens is 2. The Morgan fingerprint density at radius 3 is 2.28 bits per heavy atom. The van der Waals surface area contributed by atoms with E-state index in [1.807, 2.05) is 0 Å². The lowest BCUT2D eigenvalue weighted by Gasteiger charge is -2.17. The van der Waals surface area contributed by atoms with Crippen LogP contribution in [0.1, 0.15) is 31.5 Å². The molecule has 0 amide bonds. The van der Waals surface area contributed by atoms with Crippen LogP contribution in [0.2, 0.25) is 0 Å². The number of hydrogen-bond donors (Lipinski definition) is 1. The molecule has 136 valence electrons. The van der Waals surface area contributed by atoms with Crippen molar-refractivity contribution in [3.05, 3.63) is 18.0 Å². The van der Waals surface area contributed by atoms with E-state index in [4.69, 9.17) is 19.7 Å². The number of aromatic nitrogens is 2. The quantitative estimate of drug-likeness (QED) is 0.851. The number of nitrogens with zero attached hydrogens (tertiary/aromatic N) is 2. The van der Waals surface area contributed by atoms with Crippen molar-refractivity contribution in [2.75, 3.05) is 14.2 Å². The highest BCUT2D eigenvalue weighted by Gasteiger charge is 2.36. The Bertz CT molecular complexity index is 720. The number of nitrogens with two attached hydrogens (primary N) is 1. The van der Waals surface area contributed by atoms with Crippen LogP contribution in [0, 0.1) is 0 Å². The van der Waals surface area contributed by atoms with Gasteiger partial charge in [-0.25, -0.2) is 0 Å². The number of ether oxygens (including phenoxy) is 3. The molecule has 2 aromatic rings. The van der Waals surface area contributed by atoms with Gasteiger partial charge in [-0.2, -0.15) is 13.8 Å². The van der Waals surface area contributed by atoms with Gasteiger partial charge in [0.15, 0.2) is 17.3 Å². The van der Waals surface area contributed by atoms with Crippen LogP contribution in [-0.2, 0) is 5.54 Å². The molecular weight excluding hydrogens is 336 g/mol. The third kappa shape index (κ3) is 3.37. The monoisotopic (exact) mass is 355 g/mol. The zero-order chi connectivity index (χ0) is 18.0. The van der Waals surface area contributed by atoms with Crippen molar-refractivity contribution in [1.29, 1.82) is 0 Å². The molecule has 25 heavy (non-hydrogen) atoms. The zero-order valence-electron chi connectivity index (χ0n) is 13.9. The van der Waals surface area contributed by atoms with Crippen molar-refractivity contribution in [3.63, 3.8) is 0 Å². The molecule has 2 N–H and O–H groups in total. The van der Waals surface area contributed by atoms with Crippen molar-refractivity contribution in [1.82, 2.24) is 10.1 Å². The van der Waals surface area contributed by atoms with Gasteiger partial charge in [0.1, 0.15) is 0 Å². The van der Waals surface area contributed by atoms with Crippen molar-refractivity contribution in [2.24, 2.45) is 5.73 Å². The van der Waals surface area contributed by atoms with Crippen molar-refractivity contribution >= 4 is 0 Å². The van der Waals surface area contributed by atoms with Crippen LogP contribution in [0.15, 0.2) is 16.7 Å². The van der Waals surface area contributed by atoms with E-state index in [2.05, 4.69) is 14.9 Å². The first-order valence-corrected chi connectivity index (χ1v) is 7.81. The lowest BCUT2D eigenvalue weighted by molar-refractivity contribution is -0.0526. The third-order valence-electron chi connectivity index (χ3n) is 4.28. The van der Waals surface area contributed by atoms with E-state index in [1.165, 1.54) is 26.4 Å². The third-order valence-corrected chi connectivity index (χ3v) is 4.28. The summed E-state index contributed by atoms with van der Waals surface area (Å²) in [6.45, 7) is -3.01. The van der Waals surface area contributed by atoms with Crippen LogP contribution in [-0.4, -0.2) is 31.0 Å². The van der Waals surface area contributed by atoms with Gasteiger partial charge in [-0.05, 0) is 25.0 Å². The van der Waals surface area contributed by atoms with Crippen molar-refractivity contribution < 1.29 is 27.5 Å². The van der Waals surface area contributed by atoms with Crippen LogP contribution in [0.25, 0.3) is 11.5 Å². The van der Waals surface area contributed by atoms with Gasteiger partial charge >= 0.3 is 6.61 Å². The minimum Gasteiger partial charge on any atom is -0.493 e. The molecule has 0 aliphatic heterocycles. The largest absolute Gasteiger partial charge is 0.493 e. The second-order valence-electron chi connectivity index (χ2n) is 5.87. The predicted octanol–water partition coefficient (Wildman–Crippen LogP) is 3.08. The molecule has 1 aromatic heterocycles. The molecule has 0 atom stereocenters. The summed E-state index contributed by atoms with van der Waals surface area (Å²) in [4.78, 5) is 4.37. The fourth-order valence-electron chi connectivity index (χ4n) is 2.98. The highest BCUT2D eigenvalue weighted by atomic mass is 19.3. The molecule has 0 saturated heterocycles. The van der Waals surface area contributed by atoms with E-state index < -0.39 is 12.2 Å². The van der Waals surface area contributed by atoms with Gasteiger partial charge in [0.2, 0.25) is 5.75 Å². The lowest BCUT2D eigenvalue weighted by Crippen LogP contribution is -2.34. The predicted molar refractivity (Wildman–Crippen MR) is 83.8 cm³/mol. The summed E-state index contributed by atoms with van der Waals surface area (Å²) in [5.74, 6) is 0.572. The average molecular weight is 355 g/mol. The maximum Gasteiger partial charge on any atom is 0.387 e. The Kier molecular flexibility index (Phi) is 4.76. The first kappa shape index (κ1) is 17.4. The number of hydrogen-bond acceptors (Lipinski definition) is 7. The number of alkyl halides is 2. The Morgan fingerprint density at radius 2 is 1.76 bits per heavy atom. The van der Waals surface area contributed by atoms with Gasteiger partial charge in [0, 0.05) is 5.56 Å². The smallest absolute Gasteiger partial charge is 0.387 e. The van der Waals surface area contributed by atoms with E-state index >= 15 is 0 Å². The standard InChI is InChI=1S/C16H19F2N3O4/c1-22-10-7-9(8-11(23-2)12(10)24-15(17)18)13-20-14(21-25-13)16(19)5-3-4-6-16/h7-8,15H,3-6,19H2,1-2H3. The van der Waals surface area contributed by atoms with Crippen molar-refractivity contribution in [2.45, 2.75) is 37.8 Å². The second-order valence-corrected chi connectivity index (χ2v) is 5.87. The summed E-state index contributed by atoms with van der Waals surface area (Å²) in [6, 6.07) is 2.94. The van der Waals surface area contributed by atoms with Crippen LogP contribution in [0.5, 0.6) is 17.2 Å². The van der Waals surface area contributed by atoms with Gasteiger partial charge in [-0.3, -0.25) is 0 Å². The molecule has 0 bridgehead atoms. The molecule has 0 unspecified atom stereocenters. The normalized spacial score (nSPS) is 16.2. The second kappa shape index (κ2) is 6.83. The summed E-state index contributed by atoms with van der Waals surface area (Å²) in [5.41, 5.74) is 6.19. The molecule has 0 spiro atoms. The van der Waals surface area contributed by atoms with E-state index in [9.17, 15) is 8.78 Å². The number of methoxy groups -OCH3 is 2. The Labute approximate surface area is 143 Å². The summed E-state index contributed by atoms with van der Waals surface area (Å²) in [5, 5.41) is 3.98. The molecule has 1 aliphatic carbocycles. The van der Waals surface area contributed by atoms with Crippen molar-refractivity contribution in [3.8, 4) is 28.7 Å². The summed E-state index contributed by atoms with van der Waals surface area (Å²) >= 11 is 0. The van der Waals surface area contributed by atoms with Gasteiger partial charge < -0.3 is 24.5 Å². The SMILES string of the molecule is COc1cc(-c2nc(C3(N)CCCC3)no2)cc(OC)c1OC(F)F. The summed E-state index contributed by atoms with van der Waals surface area (Å²) in [6.07, 6.45) is 3.61. The van der Waals surface area contributed by atoms with Crippen LogP contribution in [0.3, 0.4) is 0 Å². The lowest BCUT2D eigenvalue weighted by atomic mass is 9.99. The van der Waals surface area contributed by atoms with E-state index in [1.54, 1.807) is 0 Å². The van der Waals surface area contributed by atoms with Gasteiger partial charge in [-0.1, -0.05) is 18.0 Å². The maximum atomic E-state index is 12.6. The minimum absolute atomic E-state index is 0.0673. The summed E-state index contributed by atoms with van der Waals surface area (Å²) < 4.78 is 45.3. The average Bonchev–Trinajstić information content (AvgIpc) is 3.24. The summed E-state index contributed by atoms with van der Waals surface area (Å²) in [7, 11) is 2.67. The number of rotatable bonds is 6. The molecule has 9 heteroatoms. The highest BCUT2D eigenvalue weighted by Crippen LogP contribution is 2.42. The van der Waals surface area contributed by atoms with Crippen LogP contribution < -0.4 is 19.9 Å². The molecule has 7 nitrogen and oxygen atoms in total. The zero-order valence-corrected chi connectivity index (χ0v) is 13.9. The van der Waals surface area contributed by atoms with E-state index in [-0.39, 0.29) is 23.1 Å². The molecule has 1 saturated carbocycles. The fraction of sp³-hybridized carbons (Fsp3) is 0.500. The molecule has 0 radical (unpaired) electrons. The topological polar surface area (TPSA) is 92.6 Å². The van der Waals surface area contributed by atoms with E-state index in [0.717, 1.165) is 25.7 Å². The minimum atomic E-state index is -3.01. The van der Waals surface area contributed by atoms with Gasteiger partial charge in [-0.15, -0.1) is 0 Å². The first-order valence-electron chi connectivity index (χ1n) is 7.81. The van der Waals surface area contributed by atoms with Crippen LogP contribution in [0.4, 0.5) is 8.78 Å². The Morgan fingerprint density at radius 1 is 1.16 bits per heavy atom. The molecule has 1 aromatic carbocycles. The molecule has 1 fully saturated rings. The first-order chi connectivity index (χ1) is 12.0. The molecule has 1 aliphatic rings. The van der Waals surface area contributed by atoms with Gasteiger partial charge in [0.25, 0.3) is 5.89 Å². The number of benzene rings is 1. The Hall–Kier alpha value is -2.42. The molecule has 1 heterocycles. The maximum absolute atomic E-state index is 12.6.